The number of nitrogens with zero attached hydrogens (tertiary/aromatic N) is 1. The van der Waals surface area contributed by atoms with Crippen molar-refractivity contribution in [3.05, 3.63) is 0 Å². The zero-order valence-electron chi connectivity index (χ0n) is 10.5. The van der Waals surface area contributed by atoms with Gasteiger partial charge in [-0.25, -0.2) is 8.78 Å². The molecular formula is C11H20F2N2O2. The summed E-state index contributed by atoms with van der Waals surface area (Å²) in [6.45, 7) is 0.426. The molecule has 0 heterocycles. The molecule has 0 aliphatic heterocycles. The molecule has 1 fully saturated rings. The maximum Gasteiger partial charge on any atom is 0.248 e. The van der Waals surface area contributed by atoms with E-state index in [1.165, 1.54) is 14.2 Å². The fraction of sp³-hybridized carbons (Fsp3) is 0.909. The maximum absolute atomic E-state index is 12.6. The van der Waals surface area contributed by atoms with Crippen molar-refractivity contribution < 1.29 is 18.3 Å². The molecule has 0 aromatic heterocycles. The van der Waals surface area contributed by atoms with E-state index in [0.29, 0.717) is 18.8 Å². The van der Waals surface area contributed by atoms with Gasteiger partial charge in [-0.3, -0.25) is 5.41 Å². The number of rotatable bonds is 6. The molecule has 0 bridgehead atoms. The van der Waals surface area contributed by atoms with Gasteiger partial charge in [-0.2, -0.15) is 0 Å². The number of halogens is 2. The monoisotopic (exact) mass is 250 g/mol. The van der Waals surface area contributed by atoms with Crippen LogP contribution in [-0.2, 0) is 9.47 Å². The first-order valence-electron chi connectivity index (χ1n) is 5.60. The number of nitrogens with one attached hydrogen (secondary N) is 1. The molecule has 0 radical (unpaired) electrons. The highest BCUT2D eigenvalue weighted by Gasteiger charge is 2.45. The Labute approximate surface area is 100 Å². The van der Waals surface area contributed by atoms with Crippen LogP contribution in [0.5, 0.6) is 0 Å². The van der Waals surface area contributed by atoms with Crippen LogP contribution in [-0.4, -0.2) is 50.8 Å². The molecule has 4 nitrogen and oxygen atoms in total. The molecule has 1 rings (SSSR count). The zero-order valence-corrected chi connectivity index (χ0v) is 10.5. The first kappa shape index (κ1) is 14.3. The molecule has 1 saturated carbocycles. The van der Waals surface area contributed by atoms with Gasteiger partial charge in [0.15, 0.2) is 6.29 Å². The van der Waals surface area contributed by atoms with E-state index in [-0.39, 0.29) is 18.8 Å². The molecule has 0 spiro atoms. The van der Waals surface area contributed by atoms with Crippen molar-refractivity contribution in [3.8, 4) is 0 Å². The Bertz CT molecular complexity index is 262. The minimum absolute atomic E-state index is 0.0662. The van der Waals surface area contributed by atoms with Gasteiger partial charge in [-0.15, -0.1) is 0 Å². The average Bonchev–Trinajstić information content (AvgIpc) is 2.22. The molecule has 1 N–H and O–H groups in total. The summed E-state index contributed by atoms with van der Waals surface area (Å²) in [6, 6.07) is 0. The number of amidine groups is 1. The van der Waals surface area contributed by atoms with Gasteiger partial charge in [0.25, 0.3) is 0 Å². The molecule has 1 aliphatic rings. The number of likely N-dealkylation sites (N-methyl/N-ethyl adjacent to an activating group) is 1. The number of hydrogen-bond donors (Lipinski definition) is 1. The van der Waals surface area contributed by atoms with Crippen molar-refractivity contribution in [3.63, 3.8) is 0 Å². The van der Waals surface area contributed by atoms with Crippen LogP contribution in [0.15, 0.2) is 0 Å². The van der Waals surface area contributed by atoms with E-state index in [0.717, 1.165) is 0 Å². The molecule has 1 aliphatic carbocycles. The summed E-state index contributed by atoms with van der Waals surface area (Å²) in [6.07, 6.45) is -0.197. The number of hydrogen-bond acceptors (Lipinski definition) is 3. The highest BCUT2D eigenvalue weighted by atomic mass is 19.3. The summed E-state index contributed by atoms with van der Waals surface area (Å²) in [5, 5.41) is 7.81. The van der Waals surface area contributed by atoms with Crippen LogP contribution in [0.25, 0.3) is 0 Å². The van der Waals surface area contributed by atoms with Crippen molar-refractivity contribution in [2.45, 2.75) is 31.5 Å². The Hall–Kier alpha value is -0.750. The molecule has 0 amide bonds. The van der Waals surface area contributed by atoms with Gasteiger partial charge in [0.1, 0.15) is 0 Å². The number of alkyl halides is 2. The van der Waals surface area contributed by atoms with E-state index >= 15 is 0 Å². The van der Waals surface area contributed by atoms with Gasteiger partial charge >= 0.3 is 0 Å². The Morgan fingerprint density at radius 3 is 2.35 bits per heavy atom. The number of ether oxygens (including phenoxy) is 2. The van der Waals surface area contributed by atoms with Crippen LogP contribution in [0.4, 0.5) is 8.78 Å². The van der Waals surface area contributed by atoms with Crippen LogP contribution >= 0.6 is 0 Å². The number of methoxy groups -OCH3 is 2. The van der Waals surface area contributed by atoms with Gasteiger partial charge in [0.2, 0.25) is 5.92 Å². The van der Waals surface area contributed by atoms with Gasteiger partial charge < -0.3 is 14.4 Å². The van der Waals surface area contributed by atoms with E-state index in [2.05, 4.69) is 0 Å². The predicted octanol–water partition coefficient (Wildman–Crippen LogP) is 1.95. The maximum atomic E-state index is 12.6. The third-order valence-electron chi connectivity index (χ3n) is 3.07. The van der Waals surface area contributed by atoms with Gasteiger partial charge in [0.05, 0.1) is 12.4 Å². The lowest BCUT2D eigenvalue weighted by molar-refractivity contribution is -0.112. The first-order chi connectivity index (χ1) is 7.88. The highest BCUT2D eigenvalue weighted by Crippen LogP contribution is 2.44. The smallest absolute Gasteiger partial charge is 0.248 e. The van der Waals surface area contributed by atoms with Crippen molar-refractivity contribution in [1.29, 1.82) is 5.41 Å². The summed E-state index contributed by atoms with van der Waals surface area (Å²) in [5.41, 5.74) is 0. The Kier molecular flexibility index (Phi) is 4.82. The third-order valence-corrected chi connectivity index (χ3v) is 3.07. The summed E-state index contributed by atoms with van der Waals surface area (Å²) in [7, 11) is 4.79. The van der Waals surface area contributed by atoms with E-state index < -0.39 is 12.2 Å². The average molecular weight is 250 g/mol. The lowest BCUT2D eigenvalue weighted by Gasteiger charge is -2.36. The minimum Gasteiger partial charge on any atom is -0.359 e. The van der Waals surface area contributed by atoms with E-state index in [4.69, 9.17) is 14.9 Å². The van der Waals surface area contributed by atoms with Gasteiger partial charge in [0, 0.05) is 40.5 Å². The summed E-state index contributed by atoms with van der Waals surface area (Å²) >= 11 is 0. The molecule has 0 aromatic carbocycles. The van der Waals surface area contributed by atoms with E-state index in [9.17, 15) is 8.78 Å². The van der Waals surface area contributed by atoms with Crippen molar-refractivity contribution in [2.75, 3.05) is 27.8 Å². The Balaban J connectivity index is 2.28. The molecule has 100 valence electrons. The fourth-order valence-corrected chi connectivity index (χ4v) is 1.94. The van der Waals surface area contributed by atoms with Crippen LogP contribution in [0.2, 0.25) is 0 Å². The van der Waals surface area contributed by atoms with Crippen LogP contribution < -0.4 is 0 Å². The second-order valence-electron chi connectivity index (χ2n) is 4.56. The second kappa shape index (κ2) is 5.73. The predicted molar refractivity (Wildman–Crippen MR) is 60.5 cm³/mol. The molecule has 0 atom stereocenters. The van der Waals surface area contributed by atoms with Gasteiger partial charge in [-0.1, -0.05) is 0 Å². The van der Waals surface area contributed by atoms with Gasteiger partial charge in [-0.05, 0) is 5.92 Å². The Morgan fingerprint density at radius 2 is 1.94 bits per heavy atom. The topological polar surface area (TPSA) is 45.5 Å². The second-order valence-corrected chi connectivity index (χ2v) is 4.56. The normalized spacial score (nSPS) is 19.2. The van der Waals surface area contributed by atoms with Crippen LogP contribution in [0, 0.1) is 11.3 Å². The largest absolute Gasteiger partial charge is 0.359 e. The molecule has 0 saturated heterocycles. The Morgan fingerprint density at radius 1 is 1.41 bits per heavy atom. The van der Waals surface area contributed by atoms with Crippen LogP contribution in [0.1, 0.15) is 19.3 Å². The highest BCUT2D eigenvalue weighted by molar-refractivity contribution is 5.79. The SMILES string of the molecule is COC(CN(C)C(=N)CC1CC(F)(F)C1)OC. The third kappa shape index (κ3) is 4.20. The molecule has 17 heavy (non-hydrogen) atoms. The lowest BCUT2D eigenvalue weighted by atomic mass is 9.79. The minimum atomic E-state index is -2.51. The first-order valence-corrected chi connectivity index (χ1v) is 5.60. The van der Waals surface area contributed by atoms with E-state index in [1.807, 2.05) is 0 Å². The molecule has 0 aromatic rings. The quantitative estimate of drug-likeness (QED) is 0.445. The van der Waals surface area contributed by atoms with Crippen LogP contribution in [0.3, 0.4) is 0 Å². The lowest BCUT2D eigenvalue weighted by Crippen LogP contribution is -2.41. The summed E-state index contributed by atoms with van der Waals surface area (Å²) in [5.74, 6) is -2.22. The van der Waals surface area contributed by atoms with Crippen molar-refractivity contribution in [2.24, 2.45) is 5.92 Å². The standard InChI is InChI=1S/C11H20F2N2O2/c1-15(7-10(16-2)17-3)9(14)4-8-5-11(12,13)6-8/h8,10,14H,4-7H2,1-3H3. The molecular weight excluding hydrogens is 230 g/mol. The zero-order chi connectivity index (χ0) is 13.1. The fourth-order valence-electron chi connectivity index (χ4n) is 1.94. The molecule has 0 unspecified atom stereocenters. The summed E-state index contributed by atoms with van der Waals surface area (Å²) in [4.78, 5) is 1.67. The molecule has 6 heteroatoms. The van der Waals surface area contributed by atoms with Crippen molar-refractivity contribution >= 4 is 5.84 Å². The van der Waals surface area contributed by atoms with E-state index in [1.54, 1.807) is 11.9 Å². The summed E-state index contributed by atoms with van der Waals surface area (Å²) < 4.78 is 35.3. The van der Waals surface area contributed by atoms with Crippen molar-refractivity contribution in [1.82, 2.24) is 4.90 Å².